The SMILES string of the molecule is C=CCn1c(SCC(=O)Nc2ccc(C)cc2)nnc1C(C)C. The molecule has 0 unspecified atom stereocenters. The Labute approximate surface area is 141 Å². The molecule has 0 aliphatic heterocycles. The van der Waals surface area contributed by atoms with Crippen LogP contribution in [-0.2, 0) is 11.3 Å². The normalized spacial score (nSPS) is 10.8. The molecule has 122 valence electrons. The number of carbonyl (C=O) groups excluding carboxylic acids is 1. The van der Waals surface area contributed by atoms with Gasteiger partial charge >= 0.3 is 0 Å². The number of amides is 1. The van der Waals surface area contributed by atoms with Crippen LogP contribution in [0.2, 0.25) is 0 Å². The highest BCUT2D eigenvalue weighted by Gasteiger charge is 2.15. The zero-order valence-corrected chi connectivity index (χ0v) is 14.6. The molecule has 1 aromatic heterocycles. The largest absolute Gasteiger partial charge is 0.325 e. The third-order valence-corrected chi connectivity index (χ3v) is 4.21. The zero-order chi connectivity index (χ0) is 16.8. The molecule has 0 saturated carbocycles. The lowest BCUT2D eigenvalue weighted by Crippen LogP contribution is -2.14. The van der Waals surface area contributed by atoms with Crippen LogP contribution in [0.5, 0.6) is 0 Å². The van der Waals surface area contributed by atoms with Crippen molar-refractivity contribution >= 4 is 23.4 Å². The first-order valence-electron chi connectivity index (χ1n) is 7.54. The second-order valence-corrected chi connectivity index (χ2v) is 6.54. The fourth-order valence-corrected chi connectivity index (χ4v) is 2.85. The number of aryl methyl sites for hydroxylation is 1. The number of anilines is 1. The van der Waals surface area contributed by atoms with Crippen molar-refractivity contribution in [2.24, 2.45) is 0 Å². The molecular formula is C17H22N4OS. The maximum absolute atomic E-state index is 12.1. The van der Waals surface area contributed by atoms with E-state index in [1.54, 1.807) is 0 Å². The maximum atomic E-state index is 12.1. The third kappa shape index (κ3) is 4.69. The minimum atomic E-state index is -0.0573. The summed E-state index contributed by atoms with van der Waals surface area (Å²) in [6.45, 7) is 10.6. The van der Waals surface area contributed by atoms with E-state index in [4.69, 9.17) is 0 Å². The summed E-state index contributed by atoms with van der Waals surface area (Å²) in [5.74, 6) is 1.42. The molecule has 1 aromatic carbocycles. The summed E-state index contributed by atoms with van der Waals surface area (Å²) in [6.07, 6.45) is 1.81. The van der Waals surface area contributed by atoms with Crippen LogP contribution in [0.25, 0.3) is 0 Å². The van der Waals surface area contributed by atoms with Gasteiger partial charge in [0.15, 0.2) is 5.16 Å². The Balaban J connectivity index is 1.98. The topological polar surface area (TPSA) is 59.8 Å². The third-order valence-electron chi connectivity index (χ3n) is 3.24. The summed E-state index contributed by atoms with van der Waals surface area (Å²) in [7, 11) is 0. The van der Waals surface area contributed by atoms with Gasteiger partial charge in [-0.15, -0.1) is 16.8 Å². The number of hydrogen-bond acceptors (Lipinski definition) is 4. The number of carbonyl (C=O) groups is 1. The van der Waals surface area contributed by atoms with Crippen LogP contribution < -0.4 is 5.32 Å². The molecule has 1 amide bonds. The Morgan fingerprint density at radius 1 is 1.35 bits per heavy atom. The molecule has 0 radical (unpaired) electrons. The molecule has 5 nitrogen and oxygen atoms in total. The second kappa shape index (κ2) is 7.97. The molecule has 2 rings (SSSR count). The number of aromatic nitrogens is 3. The fourth-order valence-electron chi connectivity index (χ4n) is 2.10. The number of nitrogens with zero attached hydrogens (tertiary/aromatic N) is 3. The lowest BCUT2D eigenvalue weighted by molar-refractivity contribution is -0.113. The average Bonchev–Trinajstić information content (AvgIpc) is 2.91. The Kier molecular flexibility index (Phi) is 5.98. The molecule has 2 aromatic rings. The minimum absolute atomic E-state index is 0.0573. The standard InChI is InChI=1S/C17H22N4OS/c1-5-10-21-16(12(2)3)19-20-17(21)23-11-15(22)18-14-8-6-13(4)7-9-14/h5-9,12H,1,10-11H2,2-4H3,(H,18,22). The molecule has 0 fully saturated rings. The van der Waals surface area contributed by atoms with E-state index >= 15 is 0 Å². The Morgan fingerprint density at radius 2 is 2.04 bits per heavy atom. The Morgan fingerprint density at radius 3 is 2.65 bits per heavy atom. The van der Waals surface area contributed by atoms with Crippen LogP contribution in [0.1, 0.15) is 31.2 Å². The summed E-state index contributed by atoms with van der Waals surface area (Å²) in [5, 5.41) is 12.0. The van der Waals surface area contributed by atoms with E-state index in [2.05, 4.69) is 35.9 Å². The van der Waals surface area contributed by atoms with Crippen molar-refractivity contribution in [3.8, 4) is 0 Å². The number of thioether (sulfide) groups is 1. The molecule has 0 atom stereocenters. The van der Waals surface area contributed by atoms with Gasteiger partial charge in [-0.25, -0.2) is 0 Å². The van der Waals surface area contributed by atoms with Crippen molar-refractivity contribution in [3.05, 3.63) is 48.3 Å². The highest BCUT2D eigenvalue weighted by atomic mass is 32.2. The molecule has 0 saturated heterocycles. The molecule has 0 bridgehead atoms. The monoisotopic (exact) mass is 330 g/mol. The van der Waals surface area contributed by atoms with E-state index in [1.807, 2.05) is 41.8 Å². The quantitative estimate of drug-likeness (QED) is 0.622. The highest BCUT2D eigenvalue weighted by Crippen LogP contribution is 2.21. The summed E-state index contributed by atoms with van der Waals surface area (Å²) < 4.78 is 2.00. The molecule has 0 aliphatic rings. The van der Waals surface area contributed by atoms with Crippen LogP contribution >= 0.6 is 11.8 Å². The molecule has 1 heterocycles. The van der Waals surface area contributed by atoms with Crippen LogP contribution in [0.3, 0.4) is 0 Å². The first-order valence-corrected chi connectivity index (χ1v) is 8.53. The van der Waals surface area contributed by atoms with E-state index in [0.29, 0.717) is 12.3 Å². The lowest BCUT2D eigenvalue weighted by Gasteiger charge is -2.09. The first kappa shape index (κ1) is 17.3. The van der Waals surface area contributed by atoms with E-state index in [1.165, 1.54) is 11.8 Å². The zero-order valence-electron chi connectivity index (χ0n) is 13.7. The van der Waals surface area contributed by atoms with Gasteiger partial charge in [-0.05, 0) is 19.1 Å². The van der Waals surface area contributed by atoms with E-state index in [0.717, 1.165) is 22.2 Å². The van der Waals surface area contributed by atoms with Gasteiger partial charge in [0.1, 0.15) is 5.82 Å². The van der Waals surface area contributed by atoms with E-state index in [9.17, 15) is 4.79 Å². The maximum Gasteiger partial charge on any atom is 0.234 e. The molecule has 6 heteroatoms. The molecule has 0 aliphatic carbocycles. The summed E-state index contributed by atoms with van der Waals surface area (Å²) >= 11 is 1.39. The van der Waals surface area contributed by atoms with Crippen molar-refractivity contribution in [2.45, 2.75) is 38.4 Å². The number of hydrogen-bond donors (Lipinski definition) is 1. The van der Waals surface area contributed by atoms with Crippen LogP contribution in [-0.4, -0.2) is 26.4 Å². The smallest absolute Gasteiger partial charge is 0.234 e. The predicted octanol–water partition coefficient (Wildman–Crippen LogP) is 3.63. The Hall–Kier alpha value is -2.08. The van der Waals surface area contributed by atoms with Gasteiger partial charge < -0.3 is 9.88 Å². The van der Waals surface area contributed by atoms with Gasteiger partial charge in [0, 0.05) is 18.2 Å². The molecular weight excluding hydrogens is 308 g/mol. The second-order valence-electron chi connectivity index (χ2n) is 5.60. The van der Waals surface area contributed by atoms with Gasteiger partial charge in [0.05, 0.1) is 5.75 Å². The van der Waals surface area contributed by atoms with Crippen molar-refractivity contribution in [1.29, 1.82) is 0 Å². The van der Waals surface area contributed by atoms with Gasteiger partial charge in [0.2, 0.25) is 5.91 Å². The number of benzene rings is 1. The molecule has 1 N–H and O–H groups in total. The van der Waals surface area contributed by atoms with E-state index < -0.39 is 0 Å². The van der Waals surface area contributed by atoms with Gasteiger partial charge in [-0.3, -0.25) is 4.79 Å². The highest BCUT2D eigenvalue weighted by molar-refractivity contribution is 7.99. The fraction of sp³-hybridized carbons (Fsp3) is 0.353. The van der Waals surface area contributed by atoms with Crippen LogP contribution in [0.15, 0.2) is 42.1 Å². The van der Waals surface area contributed by atoms with Crippen molar-refractivity contribution < 1.29 is 4.79 Å². The predicted molar refractivity (Wildman–Crippen MR) is 94.8 cm³/mol. The van der Waals surface area contributed by atoms with Crippen LogP contribution in [0, 0.1) is 6.92 Å². The number of rotatable bonds is 7. The summed E-state index contributed by atoms with van der Waals surface area (Å²) in [5.41, 5.74) is 1.97. The summed E-state index contributed by atoms with van der Waals surface area (Å²) in [6, 6.07) is 7.74. The minimum Gasteiger partial charge on any atom is -0.325 e. The average molecular weight is 330 g/mol. The van der Waals surface area contributed by atoms with Crippen molar-refractivity contribution in [3.63, 3.8) is 0 Å². The van der Waals surface area contributed by atoms with Gasteiger partial charge in [0.25, 0.3) is 0 Å². The van der Waals surface area contributed by atoms with Crippen LogP contribution in [0.4, 0.5) is 5.69 Å². The van der Waals surface area contributed by atoms with Gasteiger partial charge in [-0.1, -0.05) is 49.4 Å². The lowest BCUT2D eigenvalue weighted by atomic mass is 10.2. The van der Waals surface area contributed by atoms with Gasteiger partial charge in [-0.2, -0.15) is 0 Å². The van der Waals surface area contributed by atoms with E-state index in [-0.39, 0.29) is 11.8 Å². The number of allylic oxidation sites excluding steroid dienone is 1. The molecule has 0 spiro atoms. The molecule has 23 heavy (non-hydrogen) atoms. The Bertz CT molecular complexity index is 676. The van der Waals surface area contributed by atoms with Crippen molar-refractivity contribution in [2.75, 3.05) is 11.1 Å². The number of nitrogens with one attached hydrogen (secondary N) is 1. The van der Waals surface area contributed by atoms with Crippen molar-refractivity contribution in [1.82, 2.24) is 14.8 Å². The first-order chi connectivity index (χ1) is 11.0. The summed E-state index contributed by atoms with van der Waals surface area (Å²) in [4.78, 5) is 12.1.